The van der Waals surface area contributed by atoms with Gasteiger partial charge in [-0.1, -0.05) is 19.1 Å². The van der Waals surface area contributed by atoms with Gasteiger partial charge < -0.3 is 9.47 Å². The Balaban J connectivity index is 2.02. The van der Waals surface area contributed by atoms with Gasteiger partial charge in [0.15, 0.2) is 0 Å². The SMILES string of the molecule is CCCN(CC#N)C(=O)Cc1ccc(-n2cccc2)cc1. The molecule has 0 aliphatic rings. The highest BCUT2D eigenvalue weighted by Crippen LogP contribution is 2.11. The molecule has 0 atom stereocenters. The summed E-state index contributed by atoms with van der Waals surface area (Å²) < 4.78 is 2.02. The fourth-order valence-electron chi connectivity index (χ4n) is 2.23. The number of hydrogen-bond acceptors (Lipinski definition) is 2. The normalized spacial score (nSPS) is 10.1. The minimum absolute atomic E-state index is 0.00659. The molecule has 1 aromatic heterocycles. The molecule has 4 nitrogen and oxygen atoms in total. The molecule has 1 amide bonds. The highest BCUT2D eigenvalue weighted by Gasteiger charge is 2.12. The monoisotopic (exact) mass is 281 g/mol. The number of carbonyl (C=O) groups excluding carboxylic acids is 1. The van der Waals surface area contributed by atoms with Crippen LogP contribution in [0.25, 0.3) is 5.69 Å². The Morgan fingerprint density at radius 1 is 1.24 bits per heavy atom. The average molecular weight is 281 g/mol. The van der Waals surface area contributed by atoms with Gasteiger partial charge in [0.25, 0.3) is 0 Å². The summed E-state index contributed by atoms with van der Waals surface area (Å²) in [7, 11) is 0. The van der Waals surface area contributed by atoms with Crippen LogP contribution in [0.15, 0.2) is 48.8 Å². The zero-order valence-corrected chi connectivity index (χ0v) is 12.2. The van der Waals surface area contributed by atoms with Gasteiger partial charge in [-0.3, -0.25) is 4.79 Å². The fourth-order valence-corrected chi connectivity index (χ4v) is 2.23. The van der Waals surface area contributed by atoms with E-state index in [9.17, 15) is 4.79 Å². The van der Waals surface area contributed by atoms with Crippen molar-refractivity contribution in [3.63, 3.8) is 0 Å². The number of carbonyl (C=O) groups is 1. The first-order valence-electron chi connectivity index (χ1n) is 7.11. The van der Waals surface area contributed by atoms with E-state index in [1.54, 1.807) is 4.90 Å². The first-order chi connectivity index (χ1) is 10.2. The fraction of sp³-hybridized carbons (Fsp3) is 0.294. The molecule has 0 N–H and O–H groups in total. The molecule has 0 saturated heterocycles. The molecule has 0 saturated carbocycles. The van der Waals surface area contributed by atoms with Crippen molar-refractivity contribution in [3.05, 3.63) is 54.4 Å². The molecule has 0 spiro atoms. The predicted molar refractivity (Wildman–Crippen MR) is 82.0 cm³/mol. The van der Waals surface area contributed by atoms with Gasteiger partial charge in [-0.2, -0.15) is 5.26 Å². The molecule has 0 bridgehead atoms. The molecule has 1 aromatic carbocycles. The minimum Gasteiger partial charge on any atom is -0.329 e. The molecule has 0 radical (unpaired) electrons. The Kier molecular flexibility index (Phi) is 5.16. The van der Waals surface area contributed by atoms with Crippen LogP contribution in [0.2, 0.25) is 0 Å². The Labute approximate surface area is 125 Å². The minimum atomic E-state index is 0.00659. The topological polar surface area (TPSA) is 49.0 Å². The number of amides is 1. The lowest BCUT2D eigenvalue weighted by Gasteiger charge is -2.18. The smallest absolute Gasteiger partial charge is 0.227 e. The highest BCUT2D eigenvalue weighted by atomic mass is 16.2. The summed E-state index contributed by atoms with van der Waals surface area (Å²) in [5.41, 5.74) is 2.04. The van der Waals surface area contributed by atoms with Crippen molar-refractivity contribution in [2.45, 2.75) is 19.8 Å². The third-order valence-corrected chi connectivity index (χ3v) is 3.30. The molecular formula is C17H19N3O. The largest absolute Gasteiger partial charge is 0.329 e. The molecule has 0 aliphatic carbocycles. The number of nitrogens with zero attached hydrogens (tertiary/aromatic N) is 3. The molecular weight excluding hydrogens is 262 g/mol. The lowest BCUT2D eigenvalue weighted by atomic mass is 10.1. The van der Waals surface area contributed by atoms with Crippen LogP contribution in [0.3, 0.4) is 0 Å². The number of benzene rings is 1. The predicted octanol–water partition coefficient (Wildman–Crippen LogP) is 2.78. The van der Waals surface area contributed by atoms with Crippen LogP contribution < -0.4 is 0 Å². The van der Waals surface area contributed by atoms with Crippen molar-refractivity contribution < 1.29 is 4.79 Å². The van der Waals surface area contributed by atoms with E-state index in [1.165, 1.54) is 0 Å². The van der Waals surface area contributed by atoms with Crippen molar-refractivity contribution in [2.24, 2.45) is 0 Å². The van der Waals surface area contributed by atoms with E-state index in [-0.39, 0.29) is 12.5 Å². The molecule has 4 heteroatoms. The summed E-state index contributed by atoms with van der Waals surface area (Å²) in [6.45, 7) is 2.80. The summed E-state index contributed by atoms with van der Waals surface area (Å²) in [5.74, 6) is 0.00659. The summed E-state index contributed by atoms with van der Waals surface area (Å²) >= 11 is 0. The van der Waals surface area contributed by atoms with Crippen molar-refractivity contribution in [1.29, 1.82) is 5.26 Å². The zero-order valence-electron chi connectivity index (χ0n) is 12.2. The Hall–Kier alpha value is -2.54. The van der Waals surface area contributed by atoms with Gasteiger partial charge in [0, 0.05) is 24.6 Å². The molecule has 2 aromatic rings. The average Bonchev–Trinajstić information content (AvgIpc) is 3.02. The van der Waals surface area contributed by atoms with Gasteiger partial charge in [0.1, 0.15) is 6.54 Å². The van der Waals surface area contributed by atoms with Crippen molar-refractivity contribution >= 4 is 5.91 Å². The number of hydrogen-bond donors (Lipinski definition) is 0. The summed E-state index contributed by atoms with van der Waals surface area (Å²) in [4.78, 5) is 13.8. The van der Waals surface area contributed by atoms with Gasteiger partial charge >= 0.3 is 0 Å². The van der Waals surface area contributed by atoms with E-state index in [0.717, 1.165) is 17.7 Å². The third-order valence-electron chi connectivity index (χ3n) is 3.30. The molecule has 108 valence electrons. The second kappa shape index (κ2) is 7.30. The van der Waals surface area contributed by atoms with Crippen LogP contribution in [0.5, 0.6) is 0 Å². The van der Waals surface area contributed by atoms with Crippen LogP contribution in [0.4, 0.5) is 0 Å². The Morgan fingerprint density at radius 2 is 1.90 bits per heavy atom. The van der Waals surface area contributed by atoms with Gasteiger partial charge in [-0.25, -0.2) is 0 Å². The maximum atomic E-state index is 12.2. The van der Waals surface area contributed by atoms with Crippen LogP contribution in [-0.4, -0.2) is 28.5 Å². The highest BCUT2D eigenvalue weighted by molar-refractivity contribution is 5.79. The maximum Gasteiger partial charge on any atom is 0.227 e. The van der Waals surface area contributed by atoms with Crippen molar-refractivity contribution in [1.82, 2.24) is 9.47 Å². The lowest BCUT2D eigenvalue weighted by molar-refractivity contribution is -0.129. The second-order valence-electron chi connectivity index (χ2n) is 4.91. The van der Waals surface area contributed by atoms with Gasteiger partial charge in [-0.05, 0) is 36.2 Å². The standard InChI is InChI=1S/C17H19N3O/c1-2-10-20(13-9-18)17(21)14-15-5-7-16(8-6-15)19-11-3-4-12-19/h3-8,11-12H,2,10,13-14H2,1H3. The van der Waals surface area contributed by atoms with E-state index >= 15 is 0 Å². The van der Waals surface area contributed by atoms with Crippen LogP contribution in [0.1, 0.15) is 18.9 Å². The first-order valence-corrected chi connectivity index (χ1v) is 7.11. The summed E-state index contributed by atoms with van der Waals surface area (Å²) in [5, 5.41) is 8.77. The quantitative estimate of drug-likeness (QED) is 0.764. The summed E-state index contributed by atoms with van der Waals surface area (Å²) in [6, 6.07) is 13.9. The Morgan fingerprint density at radius 3 is 2.48 bits per heavy atom. The van der Waals surface area contributed by atoms with E-state index < -0.39 is 0 Å². The van der Waals surface area contributed by atoms with E-state index in [2.05, 4.69) is 0 Å². The number of aromatic nitrogens is 1. The third kappa shape index (κ3) is 3.96. The molecule has 1 heterocycles. The van der Waals surface area contributed by atoms with E-state index in [4.69, 9.17) is 5.26 Å². The maximum absolute atomic E-state index is 12.2. The van der Waals surface area contributed by atoms with E-state index in [1.807, 2.05) is 66.4 Å². The lowest BCUT2D eigenvalue weighted by Crippen LogP contribution is -2.33. The summed E-state index contributed by atoms with van der Waals surface area (Å²) in [6.07, 6.45) is 5.17. The van der Waals surface area contributed by atoms with Crippen molar-refractivity contribution in [3.8, 4) is 11.8 Å². The molecule has 0 fully saturated rings. The van der Waals surface area contributed by atoms with E-state index in [0.29, 0.717) is 13.0 Å². The van der Waals surface area contributed by atoms with Crippen LogP contribution in [0, 0.1) is 11.3 Å². The second-order valence-corrected chi connectivity index (χ2v) is 4.91. The van der Waals surface area contributed by atoms with Gasteiger partial charge in [0.2, 0.25) is 5.91 Å². The molecule has 21 heavy (non-hydrogen) atoms. The molecule has 0 aliphatic heterocycles. The first kappa shape index (κ1) is 14.9. The van der Waals surface area contributed by atoms with Gasteiger partial charge in [0.05, 0.1) is 12.5 Å². The van der Waals surface area contributed by atoms with Crippen LogP contribution >= 0.6 is 0 Å². The molecule has 0 unspecified atom stereocenters. The number of nitriles is 1. The number of rotatable bonds is 6. The van der Waals surface area contributed by atoms with Gasteiger partial charge in [-0.15, -0.1) is 0 Å². The Bertz CT molecular complexity index is 608. The van der Waals surface area contributed by atoms with Crippen LogP contribution in [-0.2, 0) is 11.2 Å². The van der Waals surface area contributed by atoms with Crippen molar-refractivity contribution in [2.75, 3.05) is 13.1 Å². The zero-order chi connectivity index (χ0) is 15.1. The molecule has 2 rings (SSSR count).